The molecular formula is C18H26N2O. The fourth-order valence-corrected chi connectivity index (χ4v) is 3.03. The van der Waals surface area contributed by atoms with Gasteiger partial charge in [-0.15, -0.1) is 0 Å². The average Bonchev–Trinajstić information content (AvgIpc) is 3.12. The molecule has 0 spiro atoms. The number of nitrogens with zero attached hydrogens (tertiary/aromatic N) is 1. The van der Waals surface area contributed by atoms with Crippen LogP contribution in [-0.2, 0) is 17.8 Å². The largest absolute Gasteiger partial charge is 0.378 e. The number of fused-ring (bicyclic) bond motifs is 1. The van der Waals surface area contributed by atoms with Crippen molar-refractivity contribution in [3.05, 3.63) is 36.0 Å². The molecule has 1 atom stereocenters. The minimum absolute atomic E-state index is 0.469. The first kappa shape index (κ1) is 14.6. The van der Waals surface area contributed by atoms with E-state index < -0.39 is 0 Å². The minimum atomic E-state index is 0.469. The topological polar surface area (TPSA) is 26.2 Å². The third-order valence-electron chi connectivity index (χ3n) is 4.27. The van der Waals surface area contributed by atoms with E-state index in [9.17, 15) is 0 Å². The van der Waals surface area contributed by atoms with Crippen molar-refractivity contribution < 1.29 is 4.74 Å². The zero-order valence-electron chi connectivity index (χ0n) is 13.1. The van der Waals surface area contributed by atoms with Gasteiger partial charge in [-0.3, -0.25) is 0 Å². The number of nitrogens with one attached hydrogen (secondary N) is 1. The summed E-state index contributed by atoms with van der Waals surface area (Å²) in [5, 5.41) is 4.81. The maximum Gasteiger partial charge on any atom is 0.0593 e. The molecule has 1 N–H and O–H groups in total. The lowest BCUT2D eigenvalue weighted by Crippen LogP contribution is -2.21. The first-order chi connectivity index (χ1) is 10.2. The second kappa shape index (κ2) is 6.63. The van der Waals surface area contributed by atoms with E-state index in [1.54, 1.807) is 0 Å². The van der Waals surface area contributed by atoms with Crippen molar-refractivity contribution in [2.24, 2.45) is 0 Å². The van der Waals surface area contributed by atoms with Crippen molar-refractivity contribution in [3.63, 3.8) is 0 Å². The van der Waals surface area contributed by atoms with E-state index in [2.05, 4.69) is 54.2 Å². The van der Waals surface area contributed by atoms with Gasteiger partial charge in [-0.25, -0.2) is 0 Å². The van der Waals surface area contributed by atoms with Crippen molar-refractivity contribution in [2.45, 2.75) is 58.3 Å². The van der Waals surface area contributed by atoms with Crippen molar-refractivity contribution in [1.82, 2.24) is 9.88 Å². The van der Waals surface area contributed by atoms with Gasteiger partial charge in [0.05, 0.1) is 6.10 Å². The van der Waals surface area contributed by atoms with Crippen LogP contribution in [0.15, 0.2) is 30.5 Å². The highest BCUT2D eigenvalue weighted by atomic mass is 16.5. The van der Waals surface area contributed by atoms with E-state index in [0.29, 0.717) is 12.1 Å². The molecule has 3 heteroatoms. The van der Waals surface area contributed by atoms with Gasteiger partial charge in [0, 0.05) is 37.5 Å². The van der Waals surface area contributed by atoms with Gasteiger partial charge in [-0.1, -0.05) is 19.9 Å². The summed E-state index contributed by atoms with van der Waals surface area (Å²) < 4.78 is 8.07. The Kier molecular flexibility index (Phi) is 4.61. The summed E-state index contributed by atoms with van der Waals surface area (Å²) >= 11 is 0. The predicted octanol–water partition coefficient (Wildman–Crippen LogP) is 3.71. The number of ether oxygens (including phenoxy) is 1. The number of aryl methyl sites for hydroxylation is 1. The van der Waals surface area contributed by atoms with E-state index in [1.807, 2.05) is 0 Å². The molecule has 0 amide bonds. The molecule has 1 aromatic heterocycles. The monoisotopic (exact) mass is 286 g/mol. The molecule has 1 saturated heterocycles. The van der Waals surface area contributed by atoms with Gasteiger partial charge in [0.25, 0.3) is 0 Å². The molecule has 1 aromatic carbocycles. The second-order valence-corrected chi connectivity index (χ2v) is 6.36. The molecule has 1 fully saturated rings. The van der Waals surface area contributed by atoms with Gasteiger partial charge in [-0.05, 0) is 48.4 Å². The van der Waals surface area contributed by atoms with Crippen molar-refractivity contribution in [3.8, 4) is 0 Å². The van der Waals surface area contributed by atoms with Crippen LogP contribution in [0.4, 0.5) is 0 Å². The lowest BCUT2D eigenvalue weighted by atomic mass is 10.1. The van der Waals surface area contributed by atoms with Gasteiger partial charge in [-0.2, -0.15) is 0 Å². The molecule has 21 heavy (non-hydrogen) atoms. The summed E-state index contributed by atoms with van der Waals surface area (Å²) in [5.41, 5.74) is 2.69. The Balaban J connectivity index is 1.66. The Morgan fingerprint density at radius 1 is 1.33 bits per heavy atom. The molecule has 1 aliphatic rings. The van der Waals surface area contributed by atoms with Crippen LogP contribution < -0.4 is 5.32 Å². The Labute approximate surface area is 127 Å². The summed E-state index contributed by atoms with van der Waals surface area (Å²) in [7, 11) is 0. The van der Waals surface area contributed by atoms with Gasteiger partial charge < -0.3 is 14.6 Å². The molecule has 0 bridgehead atoms. The highest BCUT2D eigenvalue weighted by molar-refractivity contribution is 5.80. The molecule has 2 heterocycles. The fourth-order valence-electron chi connectivity index (χ4n) is 3.03. The summed E-state index contributed by atoms with van der Waals surface area (Å²) in [6.07, 6.45) is 6.25. The summed E-state index contributed by atoms with van der Waals surface area (Å²) in [6.45, 7) is 7.30. The molecular weight excluding hydrogens is 260 g/mol. The van der Waals surface area contributed by atoms with Crippen molar-refractivity contribution in [1.29, 1.82) is 0 Å². The van der Waals surface area contributed by atoms with Gasteiger partial charge >= 0.3 is 0 Å². The zero-order valence-corrected chi connectivity index (χ0v) is 13.1. The van der Waals surface area contributed by atoms with Gasteiger partial charge in [0.15, 0.2) is 0 Å². The fraction of sp³-hybridized carbons (Fsp3) is 0.556. The zero-order chi connectivity index (χ0) is 14.7. The molecule has 3 rings (SSSR count). The van der Waals surface area contributed by atoms with Crippen LogP contribution in [0, 0.1) is 0 Å². The van der Waals surface area contributed by atoms with Crippen LogP contribution >= 0.6 is 0 Å². The van der Waals surface area contributed by atoms with Crippen LogP contribution in [0.5, 0.6) is 0 Å². The Morgan fingerprint density at radius 3 is 3.00 bits per heavy atom. The number of hydrogen-bond donors (Lipinski definition) is 1. The molecule has 1 aliphatic heterocycles. The van der Waals surface area contributed by atoms with Gasteiger partial charge in [0.1, 0.15) is 0 Å². The minimum Gasteiger partial charge on any atom is -0.378 e. The number of benzene rings is 1. The lowest BCUT2D eigenvalue weighted by Gasteiger charge is -2.11. The smallest absolute Gasteiger partial charge is 0.0593 e. The van der Waals surface area contributed by atoms with Crippen molar-refractivity contribution >= 4 is 10.9 Å². The third kappa shape index (κ3) is 3.66. The predicted molar refractivity (Wildman–Crippen MR) is 87.5 cm³/mol. The Morgan fingerprint density at radius 2 is 2.24 bits per heavy atom. The molecule has 114 valence electrons. The highest BCUT2D eigenvalue weighted by Gasteiger charge is 2.15. The van der Waals surface area contributed by atoms with E-state index >= 15 is 0 Å². The molecule has 0 saturated carbocycles. The molecule has 3 nitrogen and oxygen atoms in total. The maximum atomic E-state index is 5.72. The molecule has 2 aromatic rings. The standard InChI is InChI=1S/C18H26N2O/c1-14(2)19-13-15-5-6-18-16(12-15)7-9-20(18)10-8-17-4-3-11-21-17/h5-7,9,12,14,17,19H,3-4,8,10-11,13H2,1-2H3. The van der Waals surface area contributed by atoms with E-state index in [4.69, 9.17) is 4.74 Å². The molecule has 0 radical (unpaired) electrons. The van der Waals surface area contributed by atoms with Crippen LogP contribution in [0.25, 0.3) is 10.9 Å². The Bertz CT molecular complexity index is 582. The average molecular weight is 286 g/mol. The second-order valence-electron chi connectivity index (χ2n) is 6.36. The van der Waals surface area contributed by atoms with Gasteiger partial charge in [0.2, 0.25) is 0 Å². The summed E-state index contributed by atoms with van der Waals surface area (Å²) in [6, 6.07) is 9.54. The van der Waals surface area contributed by atoms with Crippen LogP contribution in [-0.4, -0.2) is 23.3 Å². The molecule has 1 unspecified atom stereocenters. The van der Waals surface area contributed by atoms with Crippen LogP contribution in [0.1, 0.15) is 38.7 Å². The lowest BCUT2D eigenvalue weighted by molar-refractivity contribution is 0.101. The van der Waals surface area contributed by atoms with E-state index in [1.165, 1.54) is 29.3 Å². The number of aromatic nitrogens is 1. The quantitative estimate of drug-likeness (QED) is 0.876. The van der Waals surface area contributed by atoms with E-state index in [0.717, 1.165) is 26.1 Å². The number of hydrogen-bond acceptors (Lipinski definition) is 2. The third-order valence-corrected chi connectivity index (χ3v) is 4.27. The van der Waals surface area contributed by atoms with Crippen molar-refractivity contribution in [2.75, 3.05) is 6.61 Å². The first-order valence-electron chi connectivity index (χ1n) is 8.15. The normalized spacial score (nSPS) is 18.9. The maximum absolute atomic E-state index is 5.72. The number of rotatable bonds is 6. The Hall–Kier alpha value is -1.32. The van der Waals surface area contributed by atoms with Crippen LogP contribution in [0.3, 0.4) is 0 Å². The summed E-state index contributed by atoms with van der Waals surface area (Å²) in [5.74, 6) is 0. The SMILES string of the molecule is CC(C)NCc1ccc2c(ccn2CCC2CCCO2)c1. The molecule has 0 aliphatic carbocycles. The first-order valence-corrected chi connectivity index (χ1v) is 8.15. The summed E-state index contributed by atoms with van der Waals surface area (Å²) in [4.78, 5) is 0. The highest BCUT2D eigenvalue weighted by Crippen LogP contribution is 2.21. The van der Waals surface area contributed by atoms with E-state index in [-0.39, 0.29) is 0 Å². The van der Waals surface area contributed by atoms with Crippen LogP contribution in [0.2, 0.25) is 0 Å².